The van der Waals surface area contributed by atoms with Gasteiger partial charge in [0.25, 0.3) is 0 Å². The fourth-order valence-electron chi connectivity index (χ4n) is 2.75. The number of likely N-dealkylation sites (tertiary alicyclic amines) is 1. The molecule has 0 spiro atoms. The number of carbonyl (C=O) groups is 1. The first-order chi connectivity index (χ1) is 10.2. The Kier molecular flexibility index (Phi) is 5.32. The Morgan fingerprint density at radius 2 is 2.14 bits per heavy atom. The van der Waals surface area contributed by atoms with Crippen LogP contribution in [-0.4, -0.2) is 42.3 Å². The predicted octanol–water partition coefficient (Wildman–Crippen LogP) is 1.30. The van der Waals surface area contributed by atoms with Gasteiger partial charge < -0.3 is 9.84 Å². The quantitative estimate of drug-likeness (QED) is 0.845. The average Bonchev–Trinajstić information content (AvgIpc) is 2.54. The number of carbonyl (C=O) groups excluding carboxylic acids is 1. The van der Waals surface area contributed by atoms with Crippen molar-refractivity contribution in [3.63, 3.8) is 0 Å². The van der Waals surface area contributed by atoms with Gasteiger partial charge in [-0.25, -0.2) is 4.79 Å². The molecule has 0 aromatic heterocycles. The highest BCUT2D eigenvalue weighted by Crippen LogP contribution is 2.23. The Hall–Kier alpha value is -1.90. The molecular formula is C16H20N2O3. The monoisotopic (exact) mass is 288 g/mol. The molecule has 1 fully saturated rings. The van der Waals surface area contributed by atoms with Crippen molar-refractivity contribution >= 4 is 5.97 Å². The third kappa shape index (κ3) is 3.81. The number of esters is 1. The average molecular weight is 288 g/mol. The van der Waals surface area contributed by atoms with Crippen molar-refractivity contribution in [3.05, 3.63) is 35.4 Å². The summed E-state index contributed by atoms with van der Waals surface area (Å²) in [4.78, 5) is 13.6. The lowest BCUT2D eigenvalue weighted by molar-refractivity contribution is -0.154. The molecule has 1 atom stereocenters. The van der Waals surface area contributed by atoms with Gasteiger partial charge >= 0.3 is 5.97 Å². The molecule has 112 valence electrons. The maximum absolute atomic E-state index is 11.3. The van der Waals surface area contributed by atoms with Crippen molar-refractivity contribution in [3.8, 4) is 6.07 Å². The zero-order valence-electron chi connectivity index (χ0n) is 12.2. The lowest BCUT2D eigenvalue weighted by atomic mass is 9.91. The van der Waals surface area contributed by atoms with Crippen molar-refractivity contribution in [1.29, 1.82) is 5.26 Å². The second kappa shape index (κ2) is 7.21. The molecule has 1 saturated heterocycles. The van der Waals surface area contributed by atoms with Gasteiger partial charge in [-0.2, -0.15) is 5.26 Å². The van der Waals surface area contributed by atoms with Crippen LogP contribution in [0.25, 0.3) is 0 Å². The van der Waals surface area contributed by atoms with Crippen molar-refractivity contribution in [2.24, 2.45) is 5.92 Å². The SMILES string of the molecule is COC(=O)C(O)C1CCN(Cc2ccccc2C#N)CC1. The number of aliphatic hydroxyl groups excluding tert-OH is 1. The molecule has 1 N–H and O–H groups in total. The van der Waals surface area contributed by atoms with E-state index in [9.17, 15) is 9.90 Å². The summed E-state index contributed by atoms with van der Waals surface area (Å²) in [5.74, 6) is -0.594. The number of piperidine rings is 1. The second-order valence-electron chi connectivity index (χ2n) is 5.35. The first-order valence-corrected chi connectivity index (χ1v) is 7.12. The van der Waals surface area contributed by atoms with E-state index in [-0.39, 0.29) is 5.92 Å². The number of ether oxygens (including phenoxy) is 1. The van der Waals surface area contributed by atoms with Crippen molar-refractivity contribution in [1.82, 2.24) is 4.90 Å². The van der Waals surface area contributed by atoms with Crippen LogP contribution >= 0.6 is 0 Å². The largest absolute Gasteiger partial charge is 0.467 e. The zero-order valence-corrected chi connectivity index (χ0v) is 12.2. The van der Waals surface area contributed by atoms with E-state index in [1.54, 1.807) is 0 Å². The van der Waals surface area contributed by atoms with Gasteiger partial charge in [0.05, 0.1) is 18.7 Å². The third-order valence-corrected chi connectivity index (χ3v) is 4.05. The Morgan fingerprint density at radius 3 is 2.76 bits per heavy atom. The molecule has 0 saturated carbocycles. The van der Waals surface area contributed by atoms with Crippen molar-refractivity contribution in [2.45, 2.75) is 25.5 Å². The van der Waals surface area contributed by atoms with Gasteiger partial charge in [-0.05, 0) is 43.5 Å². The summed E-state index contributed by atoms with van der Waals surface area (Å²) in [5, 5.41) is 19.0. The smallest absolute Gasteiger partial charge is 0.334 e. The Morgan fingerprint density at radius 1 is 1.48 bits per heavy atom. The number of methoxy groups -OCH3 is 1. The van der Waals surface area contributed by atoms with Gasteiger partial charge in [0.2, 0.25) is 0 Å². The second-order valence-corrected chi connectivity index (χ2v) is 5.35. The van der Waals surface area contributed by atoms with Gasteiger partial charge in [-0.1, -0.05) is 18.2 Å². The van der Waals surface area contributed by atoms with Crippen LogP contribution in [0.1, 0.15) is 24.0 Å². The lowest BCUT2D eigenvalue weighted by Crippen LogP contribution is -2.40. The molecule has 1 aromatic carbocycles. The van der Waals surface area contributed by atoms with Crippen LogP contribution in [0.2, 0.25) is 0 Å². The number of hydrogen-bond donors (Lipinski definition) is 1. The van der Waals surface area contributed by atoms with Crippen molar-refractivity contribution in [2.75, 3.05) is 20.2 Å². The third-order valence-electron chi connectivity index (χ3n) is 4.05. The number of benzene rings is 1. The maximum Gasteiger partial charge on any atom is 0.334 e. The summed E-state index contributed by atoms with van der Waals surface area (Å²) in [6.07, 6.45) is 0.485. The molecule has 1 aromatic rings. The molecular weight excluding hydrogens is 268 g/mol. The molecule has 1 aliphatic rings. The molecule has 1 aliphatic heterocycles. The van der Waals surface area contributed by atoms with E-state index in [4.69, 9.17) is 5.26 Å². The van der Waals surface area contributed by atoms with E-state index in [1.807, 2.05) is 24.3 Å². The number of hydrogen-bond acceptors (Lipinski definition) is 5. The molecule has 1 unspecified atom stereocenters. The highest BCUT2D eigenvalue weighted by Gasteiger charge is 2.30. The summed E-state index contributed by atoms with van der Waals surface area (Å²) >= 11 is 0. The Bertz CT molecular complexity index is 531. The zero-order chi connectivity index (χ0) is 15.2. The van der Waals surface area contributed by atoms with E-state index in [1.165, 1.54) is 7.11 Å². The summed E-state index contributed by atoms with van der Waals surface area (Å²) in [5.41, 5.74) is 1.72. The molecule has 2 rings (SSSR count). The van der Waals surface area contributed by atoms with Crippen molar-refractivity contribution < 1.29 is 14.6 Å². The summed E-state index contributed by atoms with van der Waals surface area (Å²) in [7, 11) is 1.29. The fraction of sp³-hybridized carbons (Fsp3) is 0.500. The molecule has 0 bridgehead atoms. The molecule has 5 nitrogen and oxygen atoms in total. The minimum Gasteiger partial charge on any atom is -0.467 e. The molecule has 0 aliphatic carbocycles. The molecule has 5 heteroatoms. The van der Waals surface area contributed by atoms with E-state index in [0.29, 0.717) is 5.56 Å². The van der Waals surface area contributed by atoms with E-state index >= 15 is 0 Å². The summed E-state index contributed by atoms with van der Waals surface area (Å²) in [6.45, 7) is 2.34. The first kappa shape index (κ1) is 15.5. The van der Waals surface area contributed by atoms with Crippen LogP contribution in [0.4, 0.5) is 0 Å². The van der Waals surface area contributed by atoms with Crippen LogP contribution < -0.4 is 0 Å². The topological polar surface area (TPSA) is 73.6 Å². The van der Waals surface area contributed by atoms with Gasteiger partial charge in [-0.15, -0.1) is 0 Å². The van der Waals surface area contributed by atoms with Crippen LogP contribution in [-0.2, 0) is 16.1 Å². The maximum atomic E-state index is 11.3. The number of nitriles is 1. The predicted molar refractivity (Wildman–Crippen MR) is 77.2 cm³/mol. The van der Waals surface area contributed by atoms with Gasteiger partial charge in [0, 0.05) is 6.54 Å². The number of nitrogens with zero attached hydrogens (tertiary/aromatic N) is 2. The van der Waals surface area contributed by atoms with Gasteiger partial charge in [0.15, 0.2) is 6.10 Å². The van der Waals surface area contributed by atoms with Crippen LogP contribution in [0, 0.1) is 17.2 Å². The molecule has 21 heavy (non-hydrogen) atoms. The standard InChI is InChI=1S/C16H20N2O3/c1-21-16(20)15(19)12-6-8-18(9-7-12)11-14-5-3-2-4-13(14)10-17/h2-5,12,15,19H,6-9,11H2,1H3. The minimum atomic E-state index is -1.02. The van der Waals surface area contributed by atoms with Crippen LogP contribution in [0.15, 0.2) is 24.3 Å². The molecule has 1 heterocycles. The number of rotatable bonds is 4. The van der Waals surface area contributed by atoms with Crippen LogP contribution in [0.3, 0.4) is 0 Å². The fourth-order valence-corrected chi connectivity index (χ4v) is 2.75. The van der Waals surface area contributed by atoms with E-state index in [2.05, 4.69) is 15.7 Å². The number of aliphatic hydroxyl groups is 1. The van der Waals surface area contributed by atoms with E-state index < -0.39 is 12.1 Å². The Labute approximate surface area is 124 Å². The lowest BCUT2D eigenvalue weighted by Gasteiger charge is -2.33. The summed E-state index contributed by atoms with van der Waals surface area (Å²) < 4.78 is 4.58. The minimum absolute atomic E-state index is 0.0417. The normalized spacial score (nSPS) is 18.0. The highest BCUT2D eigenvalue weighted by molar-refractivity contribution is 5.74. The molecule has 0 radical (unpaired) electrons. The molecule has 0 amide bonds. The summed E-state index contributed by atoms with van der Waals surface area (Å²) in [6, 6.07) is 9.79. The van der Waals surface area contributed by atoms with Gasteiger partial charge in [0.1, 0.15) is 0 Å². The van der Waals surface area contributed by atoms with Gasteiger partial charge in [-0.3, -0.25) is 4.90 Å². The van der Waals surface area contributed by atoms with E-state index in [0.717, 1.165) is 38.0 Å². The first-order valence-electron chi connectivity index (χ1n) is 7.12. The Balaban J connectivity index is 1.90. The van der Waals surface area contributed by atoms with Crippen LogP contribution in [0.5, 0.6) is 0 Å². The highest BCUT2D eigenvalue weighted by atomic mass is 16.5.